The summed E-state index contributed by atoms with van der Waals surface area (Å²) in [6.07, 6.45) is 2.02. The van der Waals surface area contributed by atoms with Crippen LogP contribution in [-0.4, -0.2) is 23.9 Å². The second-order valence-corrected chi connectivity index (χ2v) is 4.11. The summed E-state index contributed by atoms with van der Waals surface area (Å²) in [5, 5.41) is 0. The first-order chi connectivity index (χ1) is 7.70. The Balaban J connectivity index is 2.85. The molecule has 0 bridgehead atoms. The number of carbonyl (C=O) groups is 1. The highest BCUT2D eigenvalue weighted by molar-refractivity contribution is 5.95. The smallest absolute Gasteiger partial charge is 0.254 e. The van der Waals surface area contributed by atoms with Crippen LogP contribution in [0.3, 0.4) is 0 Å². The Kier molecular flexibility index (Phi) is 5.03. The molecule has 0 atom stereocenters. The normalized spacial score (nSPS) is 10.2. The summed E-state index contributed by atoms with van der Waals surface area (Å²) in [6, 6.07) is 7.80. The fourth-order valence-corrected chi connectivity index (χ4v) is 1.84. The lowest BCUT2D eigenvalue weighted by Crippen LogP contribution is -2.32. The molecule has 0 unspecified atom stereocenters. The molecule has 0 fully saturated rings. The van der Waals surface area contributed by atoms with Crippen molar-refractivity contribution in [2.24, 2.45) is 0 Å². The highest BCUT2D eigenvalue weighted by Gasteiger charge is 2.15. The number of rotatable bonds is 5. The lowest BCUT2D eigenvalue weighted by molar-refractivity contribution is 0.0755. The molecule has 0 saturated heterocycles. The first-order valence-electron chi connectivity index (χ1n) is 6.05. The molecule has 0 spiro atoms. The van der Waals surface area contributed by atoms with Crippen molar-refractivity contribution >= 4 is 5.91 Å². The predicted octanol–water partition coefficient (Wildman–Crippen LogP) is 3.26. The van der Waals surface area contributed by atoms with E-state index < -0.39 is 0 Å². The minimum Gasteiger partial charge on any atom is -0.339 e. The lowest BCUT2D eigenvalue weighted by atomic mass is 10.1. The van der Waals surface area contributed by atoms with E-state index in [-0.39, 0.29) is 5.91 Å². The van der Waals surface area contributed by atoms with Gasteiger partial charge >= 0.3 is 0 Å². The zero-order valence-electron chi connectivity index (χ0n) is 10.5. The molecule has 0 aromatic heterocycles. The van der Waals surface area contributed by atoms with Gasteiger partial charge in [0.1, 0.15) is 0 Å². The maximum Gasteiger partial charge on any atom is 0.254 e. The first-order valence-corrected chi connectivity index (χ1v) is 6.05. The Hall–Kier alpha value is -1.31. The van der Waals surface area contributed by atoms with Crippen molar-refractivity contribution in [1.82, 2.24) is 4.90 Å². The molecule has 2 heteroatoms. The van der Waals surface area contributed by atoms with E-state index in [0.29, 0.717) is 0 Å². The van der Waals surface area contributed by atoms with Crippen LogP contribution >= 0.6 is 0 Å². The summed E-state index contributed by atoms with van der Waals surface area (Å²) in [5.41, 5.74) is 1.90. The summed E-state index contributed by atoms with van der Waals surface area (Å²) in [7, 11) is 0. The standard InChI is InChI=1S/C14H21NO/c1-4-10-15(11-5-2)14(16)13-9-7-6-8-12(13)3/h6-9H,4-5,10-11H2,1-3H3. The second-order valence-electron chi connectivity index (χ2n) is 4.11. The van der Waals surface area contributed by atoms with Crippen molar-refractivity contribution in [2.45, 2.75) is 33.6 Å². The third-order valence-electron chi connectivity index (χ3n) is 2.65. The monoisotopic (exact) mass is 219 g/mol. The van der Waals surface area contributed by atoms with Crippen molar-refractivity contribution < 1.29 is 4.79 Å². The van der Waals surface area contributed by atoms with E-state index >= 15 is 0 Å². The van der Waals surface area contributed by atoms with Gasteiger partial charge in [0.15, 0.2) is 0 Å². The number of hydrogen-bond acceptors (Lipinski definition) is 1. The minimum absolute atomic E-state index is 0.168. The van der Waals surface area contributed by atoms with Crippen LogP contribution in [0, 0.1) is 6.92 Å². The van der Waals surface area contributed by atoms with Crippen LogP contribution in [-0.2, 0) is 0 Å². The van der Waals surface area contributed by atoms with E-state index in [1.807, 2.05) is 36.1 Å². The molecule has 0 N–H and O–H groups in total. The van der Waals surface area contributed by atoms with Gasteiger partial charge in [-0.2, -0.15) is 0 Å². The second kappa shape index (κ2) is 6.31. The molecule has 0 aliphatic rings. The number of amides is 1. The Morgan fingerprint density at radius 2 is 1.69 bits per heavy atom. The molecule has 1 aromatic rings. The molecular weight excluding hydrogens is 198 g/mol. The van der Waals surface area contributed by atoms with E-state index in [1.165, 1.54) is 0 Å². The van der Waals surface area contributed by atoms with Crippen molar-refractivity contribution in [3.63, 3.8) is 0 Å². The van der Waals surface area contributed by atoms with E-state index in [2.05, 4.69) is 13.8 Å². The van der Waals surface area contributed by atoms with Crippen molar-refractivity contribution in [3.8, 4) is 0 Å². The summed E-state index contributed by atoms with van der Waals surface area (Å²) >= 11 is 0. The quantitative estimate of drug-likeness (QED) is 0.744. The topological polar surface area (TPSA) is 20.3 Å². The molecule has 0 heterocycles. The van der Waals surface area contributed by atoms with Gasteiger partial charge in [-0.3, -0.25) is 4.79 Å². The Bertz CT molecular complexity index is 340. The maximum absolute atomic E-state index is 12.3. The number of hydrogen-bond donors (Lipinski definition) is 0. The van der Waals surface area contributed by atoms with Gasteiger partial charge in [-0.25, -0.2) is 0 Å². The molecule has 88 valence electrons. The third-order valence-corrected chi connectivity index (χ3v) is 2.65. The lowest BCUT2D eigenvalue weighted by Gasteiger charge is -2.22. The van der Waals surface area contributed by atoms with Crippen LogP contribution in [0.4, 0.5) is 0 Å². The SMILES string of the molecule is CCCN(CCC)C(=O)c1ccccc1C. The molecule has 0 saturated carbocycles. The average molecular weight is 219 g/mol. The van der Waals surface area contributed by atoms with E-state index in [9.17, 15) is 4.79 Å². The number of nitrogens with zero attached hydrogens (tertiary/aromatic N) is 1. The summed E-state index contributed by atoms with van der Waals surface area (Å²) in [4.78, 5) is 14.2. The van der Waals surface area contributed by atoms with Crippen LogP contribution in [0.15, 0.2) is 24.3 Å². The van der Waals surface area contributed by atoms with Gasteiger partial charge in [-0.15, -0.1) is 0 Å². The van der Waals surface area contributed by atoms with Crippen molar-refractivity contribution in [2.75, 3.05) is 13.1 Å². The fourth-order valence-electron chi connectivity index (χ4n) is 1.84. The molecule has 2 nitrogen and oxygen atoms in total. The predicted molar refractivity (Wildman–Crippen MR) is 67.7 cm³/mol. The van der Waals surface area contributed by atoms with Gasteiger partial charge in [0.25, 0.3) is 5.91 Å². The van der Waals surface area contributed by atoms with E-state index in [1.54, 1.807) is 0 Å². The zero-order chi connectivity index (χ0) is 12.0. The van der Waals surface area contributed by atoms with Gasteiger partial charge in [0.2, 0.25) is 0 Å². The summed E-state index contributed by atoms with van der Waals surface area (Å²) in [6.45, 7) is 7.90. The van der Waals surface area contributed by atoms with E-state index in [0.717, 1.165) is 37.1 Å². The number of benzene rings is 1. The largest absolute Gasteiger partial charge is 0.339 e. The third kappa shape index (κ3) is 3.09. The zero-order valence-corrected chi connectivity index (χ0v) is 10.5. The van der Waals surface area contributed by atoms with Gasteiger partial charge < -0.3 is 4.90 Å². The molecule has 1 aromatic carbocycles. The highest BCUT2D eigenvalue weighted by Crippen LogP contribution is 2.11. The van der Waals surface area contributed by atoms with Crippen LogP contribution < -0.4 is 0 Å². The molecular formula is C14H21NO. The summed E-state index contributed by atoms with van der Waals surface area (Å²) < 4.78 is 0. The first kappa shape index (κ1) is 12.8. The highest BCUT2D eigenvalue weighted by atomic mass is 16.2. The van der Waals surface area contributed by atoms with Crippen LogP contribution in [0.25, 0.3) is 0 Å². The number of carbonyl (C=O) groups excluding carboxylic acids is 1. The molecule has 0 radical (unpaired) electrons. The van der Waals surface area contributed by atoms with E-state index in [4.69, 9.17) is 0 Å². The van der Waals surface area contributed by atoms with Crippen LogP contribution in [0.2, 0.25) is 0 Å². The maximum atomic E-state index is 12.3. The van der Waals surface area contributed by atoms with Gasteiger partial charge in [0, 0.05) is 18.7 Å². The Morgan fingerprint density at radius 1 is 1.12 bits per heavy atom. The Labute approximate surface area is 98.3 Å². The molecule has 1 amide bonds. The van der Waals surface area contributed by atoms with Gasteiger partial charge in [-0.1, -0.05) is 32.0 Å². The molecule has 1 rings (SSSR count). The van der Waals surface area contributed by atoms with Crippen LogP contribution in [0.1, 0.15) is 42.6 Å². The molecule has 0 aliphatic heterocycles. The van der Waals surface area contributed by atoms with Crippen LogP contribution in [0.5, 0.6) is 0 Å². The van der Waals surface area contributed by atoms with Crippen molar-refractivity contribution in [1.29, 1.82) is 0 Å². The average Bonchev–Trinajstić information content (AvgIpc) is 2.28. The number of aryl methyl sites for hydroxylation is 1. The fraction of sp³-hybridized carbons (Fsp3) is 0.500. The summed E-state index contributed by atoms with van der Waals surface area (Å²) in [5.74, 6) is 0.168. The van der Waals surface area contributed by atoms with Gasteiger partial charge in [-0.05, 0) is 31.4 Å². The van der Waals surface area contributed by atoms with Gasteiger partial charge in [0.05, 0.1) is 0 Å². The molecule has 16 heavy (non-hydrogen) atoms. The van der Waals surface area contributed by atoms with Crippen molar-refractivity contribution in [3.05, 3.63) is 35.4 Å². The Morgan fingerprint density at radius 3 is 2.19 bits per heavy atom. The minimum atomic E-state index is 0.168. The molecule has 0 aliphatic carbocycles.